The zero-order valence-corrected chi connectivity index (χ0v) is 8.20. The molecule has 0 aromatic heterocycles. The van der Waals surface area contributed by atoms with Crippen molar-refractivity contribution in [2.75, 3.05) is 16.8 Å². The van der Waals surface area contributed by atoms with Crippen LogP contribution in [-0.4, -0.2) is 35.7 Å². The molecule has 78 valence electrons. The first-order valence-electron chi connectivity index (χ1n) is 4.76. The maximum Gasteiger partial charge on any atom is 0.210 e. The molecule has 0 amide bonds. The number of aliphatic hydroxyl groups is 2. The molecule has 0 saturated heterocycles. The molecule has 0 fully saturated rings. The number of para-hydroxylation sites is 2. The quantitative estimate of drug-likeness (QED) is 0.623. The van der Waals surface area contributed by atoms with Crippen LogP contribution in [-0.2, 0) is 0 Å². The summed E-state index contributed by atoms with van der Waals surface area (Å²) in [6.45, 7) is 0. The molecule has 0 spiro atoms. The molecule has 0 bridgehead atoms. The van der Waals surface area contributed by atoms with Crippen LogP contribution in [0.1, 0.15) is 0 Å². The SMILES string of the molecule is CN1C2=NC(O)C(O)N2c2ccccc21. The highest BCUT2D eigenvalue weighted by Gasteiger charge is 2.42. The minimum atomic E-state index is -1.06. The van der Waals surface area contributed by atoms with Crippen LogP contribution in [0.5, 0.6) is 0 Å². The molecule has 15 heavy (non-hydrogen) atoms. The average molecular weight is 205 g/mol. The van der Waals surface area contributed by atoms with Gasteiger partial charge in [-0.25, -0.2) is 4.99 Å². The van der Waals surface area contributed by atoms with Gasteiger partial charge < -0.3 is 15.1 Å². The van der Waals surface area contributed by atoms with Crippen LogP contribution in [0, 0.1) is 0 Å². The van der Waals surface area contributed by atoms with Gasteiger partial charge in [0.25, 0.3) is 0 Å². The minimum Gasteiger partial charge on any atom is -0.369 e. The lowest BCUT2D eigenvalue weighted by Crippen LogP contribution is -2.40. The van der Waals surface area contributed by atoms with Crippen LogP contribution in [0.2, 0.25) is 0 Å². The molecule has 2 unspecified atom stereocenters. The molecule has 0 saturated carbocycles. The molecular weight excluding hydrogens is 194 g/mol. The number of hydrogen-bond donors (Lipinski definition) is 2. The lowest BCUT2D eigenvalue weighted by Gasteiger charge is -2.19. The Morgan fingerprint density at radius 3 is 2.60 bits per heavy atom. The number of guanidine groups is 1. The molecular formula is C10H11N3O2. The van der Waals surface area contributed by atoms with Crippen LogP contribution in [0.3, 0.4) is 0 Å². The number of aliphatic hydroxyl groups excluding tert-OH is 2. The van der Waals surface area contributed by atoms with E-state index in [1.807, 2.05) is 36.2 Å². The Balaban J connectivity index is 2.17. The second-order valence-electron chi connectivity index (χ2n) is 3.67. The van der Waals surface area contributed by atoms with Crippen molar-refractivity contribution in [1.82, 2.24) is 0 Å². The molecule has 2 N–H and O–H groups in total. The molecule has 5 nitrogen and oxygen atoms in total. The van der Waals surface area contributed by atoms with Gasteiger partial charge in [-0.2, -0.15) is 0 Å². The summed E-state index contributed by atoms with van der Waals surface area (Å²) in [5, 5.41) is 19.2. The Bertz CT molecular complexity index is 446. The maximum atomic E-state index is 9.77. The Morgan fingerprint density at radius 1 is 1.20 bits per heavy atom. The average Bonchev–Trinajstić information content (AvgIpc) is 2.68. The van der Waals surface area contributed by atoms with Crippen LogP contribution < -0.4 is 9.80 Å². The van der Waals surface area contributed by atoms with Gasteiger partial charge in [0.2, 0.25) is 5.96 Å². The highest BCUT2D eigenvalue weighted by molar-refractivity contribution is 6.17. The monoisotopic (exact) mass is 205 g/mol. The highest BCUT2D eigenvalue weighted by Crippen LogP contribution is 2.39. The van der Waals surface area contributed by atoms with Crippen LogP contribution in [0.25, 0.3) is 0 Å². The van der Waals surface area contributed by atoms with Crippen LogP contribution >= 0.6 is 0 Å². The molecule has 2 aliphatic heterocycles. The Kier molecular flexibility index (Phi) is 1.57. The first-order valence-corrected chi connectivity index (χ1v) is 4.76. The molecule has 1 aromatic rings. The lowest BCUT2D eigenvalue weighted by atomic mass is 10.2. The lowest BCUT2D eigenvalue weighted by molar-refractivity contribution is 0.0423. The summed E-state index contributed by atoms with van der Waals surface area (Å²) in [5.74, 6) is 0.594. The van der Waals surface area contributed by atoms with Crippen molar-refractivity contribution in [1.29, 1.82) is 0 Å². The van der Waals surface area contributed by atoms with Gasteiger partial charge in [0, 0.05) is 7.05 Å². The van der Waals surface area contributed by atoms with E-state index in [-0.39, 0.29) is 0 Å². The third-order valence-corrected chi connectivity index (χ3v) is 2.80. The fourth-order valence-electron chi connectivity index (χ4n) is 2.06. The third kappa shape index (κ3) is 0.961. The second kappa shape index (κ2) is 2.71. The fraction of sp³-hybridized carbons (Fsp3) is 0.300. The van der Waals surface area contributed by atoms with Gasteiger partial charge in [0.15, 0.2) is 12.5 Å². The third-order valence-electron chi connectivity index (χ3n) is 2.80. The number of nitrogens with zero attached hydrogens (tertiary/aromatic N) is 3. The molecule has 3 rings (SSSR count). The standard InChI is InChI=1S/C10H11N3O2/c1-12-6-4-2-3-5-7(6)13-9(15)8(14)11-10(12)13/h2-5,8-9,14-15H,1H3. The Hall–Kier alpha value is -1.59. The molecule has 5 heteroatoms. The summed E-state index contributed by atoms with van der Waals surface area (Å²) in [5.41, 5.74) is 1.87. The van der Waals surface area contributed by atoms with E-state index in [2.05, 4.69) is 4.99 Å². The van der Waals surface area contributed by atoms with Crippen LogP contribution in [0.15, 0.2) is 29.3 Å². The summed E-state index contributed by atoms with van der Waals surface area (Å²) >= 11 is 0. The van der Waals surface area contributed by atoms with E-state index in [4.69, 9.17) is 0 Å². The van der Waals surface area contributed by atoms with Crippen molar-refractivity contribution in [3.63, 3.8) is 0 Å². The number of fused-ring (bicyclic) bond motifs is 3. The predicted octanol–water partition coefficient (Wildman–Crippen LogP) is -0.0508. The number of hydrogen-bond acceptors (Lipinski definition) is 5. The predicted molar refractivity (Wildman–Crippen MR) is 56.8 cm³/mol. The van der Waals surface area contributed by atoms with Crippen molar-refractivity contribution >= 4 is 17.3 Å². The highest BCUT2D eigenvalue weighted by atomic mass is 16.4. The van der Waals surface area contributed by atoms with E-state index in [0.29, 0.717) is 5.96 Å². The van der Waals surface area contributed by atoms with E-state index in [1.54, 1.807) is 4.90 Å². The maximum absolute atomic E-state index is 9.77. The van der Waals surface area contributed by atoms with Gasteiger partial charge in [0.05, 0.1) is 11.4 Å². The minimum absolute atomic E-state index is 0.594. The Morgan fingerprint density at radius 2 is 1.87 bits per heavy atom. The van der Waals surface area contributed by atoms with E-state index >= 15 is 0 Å². The van der Waals surface area contributed by atoms with Gasteiger partial charge >= 0.3 is 0 Å². The second-order valence-corrected chi connectivity index (χ2v) is 3.67. The number of benzene rings is 1. The molecule has 2 heterocycles. The van der Waals surface area contributed by atoms with E-state index < -0.39 is 12.5 Å². The van der Waals surface area contributed by atoms with Crippen molar-refractivity contribution < 1.29 is 10.2 Å². The molecule has 1 aromatic carbocycles. The van der Waals surface area contributed by atoms with Crippen molar-refractivity contribution in [3.8, 4) is 0 Å². The molecule has 0 radical (unpaired) electrons. The number of aliphatic imine (C=N–C) groups is 1. The van der Waals surface area contributed by atoms with Gasteiger partial charge in [-0.3, -0.25) is 4.90 Å². The Labute approximate surface area is 86.9 Å². The fourth-order valence-corrected chi connectivity index (χ4v) is 2.06. The van der Waals surface area contributed by atoms with Gasteiger partial charge in [0.1, 0.15) is 0 Å². The van der Waals surface area contributed by atoms with E-state index in [1.165, 1.54) is 0 Å². The summed E-state index contributed by atoms with van der Waals surface area (Å²) in [6.07, 6.45) is -2.04. The summed E-state index contributed by atoms with van der Waals surface area (Å²) in [7, 11) is 1.86. The molecule has 0 aliphatic carbocycles. The summed E-state index contributed by atoms with van der Waals surface area (Å²) < 4.78 is 0. The van der Waals surface area contributed by atoms with Gasteiger partial charge in [-0.05, 0) is 12.1 Å². The first kappa shape index (κ1) is 8.70. The van der Waals surface area contributed by atoms with Gasteiger partial charge in [-0.1, -0.05) is 12.1 Å². The summed E-state index contributed by atoms with van der Waals surface area (Å²) in [6, 6.07) is 7.68. The number of rotatable bonds is 0. The van der Waals surface area contributed by atoms with Crippen molar-refractivity contribution in [3.05, 3.63) is 24.3 Å². The molecule has 2 aliphatic rings. The molecule has 2 atom stereocenters. The van der Waals surface area contributed by atoms with Crippen molar-refractivity contribution in [2.45, 2.75) is 12.5 Å². The van der Waals surface area contributed by atoms with Crippen LogP contribution in [0.4, 0.5) is 11.4 Å². The largest absolute Gasteiger partial charge is 0.369 e. The van der Waals surface area contributed by atoms with E-state index in [9.17, 15) is 10.2 Å². The van der Waals surface area contributed by atoms with Crippen molar-refractivity contribution in [2.24, 2.45) is 4.99 Å². The normalized spacial score (nSPS) is 27.8. The zero-order valence-electron chi connectivity index (χ0n) is 8.20. The smallest absolute Gasteiger partial charge is 0.210 e. The zero-order chi connectivity index (χ0) is 10.6. The first-order chi connectivity index (χ1) is 7.20. The summed E-state index contributed by atoms with van der Waals surface area (Å²) in [4.78, 5) is 7.50. The van der Waals surface area contributed by atoms with Gasteiger partial charge in [-0.15, -0.1) is 0 Å². The van der Waals surface area contributed by atoms with E-state index in [0.717, 1.165) is 11.4 Å². The topological polar surface area (TPSA) is 59.3 Å². The number of anilines is 2.